The summed E-state index contributed by atoms with van der Waals surface area (Å²) in [5.74, 6) is 0. The van der Waals surface area contributed by atoms with Crippen molar-refractivity contribution in [1.82, 2.24) is 0 Å². The van der Waals surface area contributed by atoms with E-state index in [0.29, 0.717) is 0 Å². The number of carbonyl (C=O) groups excluding carboxylic acids is 1. The first-order valence-electron chi connectivity index (χ1n) is 6.98. The van der Waals surface area contributed by atoms with Crippen molar-refractivity contribution in [3.63, 3.8) is 0 Å². The highest BCUT2D eigenvalue weighted by Gasteiger charge is 2.35. The van der Waals surface area contributed by atoms with Crippen LogP contribution in [0.3, 0.4) is 0 Å². The Bertz CT molecular complexity index is 407. The lowest BCUT2D eigenvalue weighted by Gasteiger charge is -2.33. The third-order valence-electron chi connectivity index (χ3n) is 4.19. The van der Waals surface area contributed by atoms with Crippen LogP contribution in [0, 0.1) is 12.3 Å². The molecule has 1 saturated carbocycles. The van der Waals surface area contributed by atoms with E-state index in [-0.39, 0.29) is 5.41 Å². The fourth-order valence-corrected chi connectivity index (χ4v) is 3.06. The van der Waals surface area contributed by atoms with Crippen LogP contribution in [0.25, 0.3) is 0 Å². The lowest BCUT2D eigenvalue weighted by Crippen LogP contribution is -2.37. The molecule has 98 valence electrons. The zero-order valence-electron chi connectivity index (χ0n) is 11.5. The summed E-state index contributed by atoms with van der Waals surface area (Å²) >= 11 is 0. The Balaban J connectivity index is 2.19. The summed E-state index contributed by atoms with van der Waals surface area (Å²) < 4.78 is 0. The van der Waals surface area contributed by atoms with Crippen molar-refractivity contribution in [2.45, 2.75) is 39.5 Å². The van der Waals surface area contributed by atoms with E-state index in [9.17, 15) is 4.79 Å². The predicted octanol–water partition coefficient (Wildman–Crippen LogP) is 3.58. The van der Waals surface area contributed by atoms with Gasteiger partial charge in [-0.15, -0.1) is 0 Å². The maximum atomic E-state index is 11.5. The van der Waals surface area contributed by atoms with Crippen LogP contribution >= 0.6 is 0 Å². The minimum atomic E-state index is -0.0989. The van der Waals surface area contributed by atoms with E-state index in [1.54, 1.807) is 0 Å². The molecule has 1 aliphatic carbocycles. The number of anilines is 1. The number of nitrogens with zero attached hydrogens (tertiary/aromatic N) is 1. The molecule has 0 unspecified atom stereocenters. The molecule has 0 amide bonds. The average Bonchev–Trinajstić information content (AvgIpc) is 2.86. The Morgan fingerprint density at radius 3 is 2.50 bits per heavy atom. The summed E-state index contributed by atoms with van der Waals surface area (Å²) in [6, 6.07) is 8.44. The van der Waals surface area contributed by atoms with Gasteiger partial charge in [0.05, 0.1) is 0 Å². The van der Waals surface area contributed by atoms with Gasteiger partial charge in [0.2, 0.25) is 0 Å². The highest BCUT2D eigenvalue weighted by molar-refractivity contribution is 5.63. The van der Waals surface area contributed by atoms with Gasteiger partial charge in [0.1, 0.15) is 6.29 Å². The zero-order chi connectivity index (χ0) is 13.0. The van der Waals surface area contributed by atoms with E-state index in [1.165, 1.54) is 30.4 Å². The highest BCUT2D eigenvalue weighted by atomic mass is 16.1. The number of hydrogen-bond donors (Lipinski definition) is 0. The van der Waals surface area contributed by atoms with Gasteiger partial charge < -0.3 is 9.69 Å². The van der Waals surface area contributed by atoms with Crippen molar-refractivity contribution in [2.75, 3.05) is 18.0 Å². The third kappa shape index (κ3) is 2.58. The third-order valence-corrected chi connectivity index (χ3v) is 4.19. The lowest BCUT2D eigenvalue weighted by molar-refractivity contribution is -0.115. The molecule has 0 aromatic heterocycles. The molecule has 2 heteroatoms. The molecule has 0 N–H and O–H groups in total. The summed E-state index contributed by atoms with van der Waals surface area (Å²) in [7, 11) is 0. The maximum Gasteiger partial charge on any atom is 0.127 e. The molecule has 1 aromatic rings. The SMILES string of the molecule is CCN(CC1(C=O)CCCC1)c1ccccc1C. The number of para-hydroxylation sites is 1. The largest absolute Gasteiger partial charge is 0.371 e. The van der Waals surface area contributed by atoms with Gasteiger partial charge >= 0.3 is 0 Å². The van der Waals surface area contributed by atoms with E-state index in [2.05, 4.69) is 43.0 Å². The van der Waals surface area contributed by atoms with Gasteiger partial charge in [-0.2, -0.15) is 0 Å². The standard InChI is InChI=1S/C16H23NO/c1-3-17(15-9-5-4-8-14(15)2)12-16(13-18)10-6-7-11-16/h4-5,8-9,13H,3,6-7,10-12H2,1-2H3. The second-order valence-electron chi connectivity index (χ2n) is 5.49. The molecule has 1 aliphatic rings. The Hall–Kier alpha value is -1.31. The minimum Gasteiger partial charge on any atom is -0.371 e. The van der Waals surface area contributed by atoms with Crippen LogP contribution in [0.5, 0.6) is 0 Å². The molecule has 0 atom stereocenters. The number of benzene rings is 1. The van der Waals surface area contributed by atoms with E-state index < -0.39 is 0 Å². The van der Waals surface area contributed by atoms with Crippen molar-refractivity contribution in [3.8, 4) is 0 Å². The summed E-state index contributed by atoms with van der Waals surface area (Å²) in [6.07, 6.45) is 5.72. The number of aldehydes is 1. The molecular formula is C16H23NO. The molecule has 1 fully saturated rings. The van der Waals surface area contributed by atoms with Crippen LogP contribution in [0.1, 0.15) is 38.2 Å². The number of aryl methyl sites for hydroxylation is 1. The van der Waals surface area contributed by atoms with E-state index in [1.807, 2.05) is 0 Å². The first-order valence-corrected chi connectivity index (χ1v) is 6.98. The van der Waals surface area contributed by atoms with Crippen LogP contribution in [0.2, 0.25) is 0 Å². The molecule has 0 bridgehead atoms. The molecule has 2 rings (SSSR count). The smallest absolute Gasteiger partial charge is 0.127 e. The van der Waals surface area contributed by atoms with Gasteiger partial charge in [-0.3, -0.25) is 0 Å². The Morgan fingerprint density at radius 1 is 1.28 bits per heavy atom. The number of hydrogen-bond acceptors (Lipinski definition) is 2. The molecule has 0 spiro atoms. The van der Waals surface area contributed by atoms with Gasteiger partial charge in [-0.1, -0.05) is 31.0 Å². The second-order valence-corrected chi connectivity index (χ2v) is 5.49. The van der Waals surface area contributed by atoms with Gasteiger partial charge in [0.15, 0.2) is 0 Å². The number of carbonyl (C=O) groups is 1. The van der Waals surface area contributed by atoms with Crippen LogP contribution < -0.4 is 4.90 Å². The van der Waals surface area contributed by atoms with Crippen molar-refractivity contribution in [3.05, 3.63) is 29.8 Å². The summed E-state index contributed by atoms with van der Waals surface area (Å²) in [4.78, 5) is 13.8. The monoisotopic (exact) mass is 245 g/mol. The molecule has 0 heterocycles. The average molecular weight is 245 g/mol. The molecule has 0 saturated heterocycles. The van der Waals surface area contributed by atoms with E-state index >= 15 is 0 Å². The van der Waals surface area contributed by atoms with Crippen LogP contribution in [-0.2, 0) is 4.79 Å². The highest BCUT2D eigenvalue weighted by Crippen LogP contribution is 2.38. The quantitative estimate of drug-likeness (QED) is 0.739. The summed E-state index contributed by atoms with van der Waals surface area (Å²) in [5, 5.41) is 0. The fraction of sp³-hybridized carbons (Fsp3) is 0.562. The van der Waals surface area contributed by atoms with Crippen LogP contribution in [0.4, 0.5) is 5.69 Å². The summed E-state index contributed by atoms with van der Waals surface area (Å²) in [6.45, 7) is 6.14. The van der Waals surface area contributed by atoms with Gasteiger partial charge in [-0.05, 0) is 38.3 Å². The lowest BCUT2D eigenvalue weighted by atomic mass is 9.87. The minimum absolute atomic E-state index is 0.0989. The first-order chi connectivity index (χ1) is 8.71. The zero-order valence-corrected chi connectivity index (χ0v) is 11.5. The maximum absolute atomic E-state index is 11.5. The first kappa shape index (κ1) is 13.1. The normalized spacial score (nSPS) is 17.7. The van der Waals surface area contributed by atoms with Gasteiger partial charge in [-0.25, -0.2) is 0 Å². The topological polar surface area (TPSA) is 20.3 Å². The Labute approximate surface area is 110 Å². The molecule has 0 aliphatic heterocycles. The molecule has 18 heavy (non-hydrogen) atoms. The summed E-state index contributed by atoms with van der Waals surface area (Å²) in [5.41, 5.74) is 2.46. The fourth-order valence-electron chi connectivity index (χ4n) is 3.06. The van der Waals surface area contributed by atoms with Crippen molar-refractivity contribution < 1.29 is 4.79 Å². The van der Waals surface area contributed by atoms with Crippen molar-refractivity contribution in [1.29, 1.82) is 0 Å². The molecular weight excluding hydrogens is 222 g/mol. The van der Waals surface area contributed by atoms with Gasteiger partial charge in [0, 0.05) is 24.2 Å². The Morgan fingerprint density at radius 2 is 1.94 bits per heavy atom. The Kier molecular flexibility index (Phi) is 4.05. The van der Waals surface area contributed by atoms with Crippen LogP contribution in [-0.4, -0.2) is 19.4 Å². The van der Waals surface area contributed by atoms with Crippen molar-refractivity contribution >= 4 is 12.0 Å². The van der Waals surface area contributed by atoms with Crippen LogP contribution in [0.15, 0.2) is 24.3 Å². The van der Waals surface area contributed by atoms with Gasteiger partial charge in [0.25, 0.3) is 0 Å². The van der Waals surface area contributed by atoms with E-state index in [0.717, 1.165) is 25.9 Å². The molecule has 0 radical (unpaired) electrons. The molecule has 1 aromatic carbocycles. The molecule has 2 nitrogen and oxygen atoms in total. The van der Waals surface area contributed by atoms with E-state index in [4.69, 9.17) is 0 Å². The predicted molar refractivity (Wildman–Crippen MR) is 76.0 cm³/mol. The number of rotatable bonds is 5. The van der Waals surface area contributed by atoms with Crippen molar-refractivity contribution in [2.24, 2.45) is 5.41 Å². The second kappa shape index (κ2) is 5.55.